The van der Waals surface area contributed by atoms with Crippen molar-refractivity contribution >= 4 is 17.6 Å². The SMILES string of the molecule is COc1ccc(-c2nn(-c3cccc(F)c3)c(OC(C)=O)c2-c2ccc(NC(=O)c3ccc(F)cc3)cc2)cc1OC. The van der Waals surface area contributed by atoms with Crippen LogP contribution in [0.5, 0.6) is 17.4 Å². The summed E-state index contributed by atoms with van der Waals surface area (Å²) in [6.45, 7) is 1.26. The van der Waals surface area contributed by atoms with E-state index in [0.717, 1.165) is 0 Å². The molecule has 42 heavy (non-hydrogen) atoms. The molecule has 0 fully saturated rings. The maximum atomic E-state index is 14.2. The maximum Gasteiger partial charge on any atom is 0.309 e. The lowest BCUT2D eigenvalue weighted by atomic mass is 10.0. The van der Waals surface area contributed by atoms with Crippen LogP contribution in [-0.2, 0) is 4.79 Å². The molecule has 0 aliphatic heterocycles. The third kappa shape index (κ3) is 5.83. The van der Waals surface area contributed by atoms with Gasteiger partial charge in [0.05, 0.1) is 25.5 Å². The normalized spacial score (nSPS) is 10.7. The van der Waals surface area contributed by atoms with Crippen LogP contribution in [0.4, 0.5) is 14.5 Å². The molecule has 0 atom stereocenters. The Bertz CT molecular complexity index is 1770. The Kier molecular flexibility index (Phi) is 7.96. The molecule has 0 saturated carbocycles. The molecule has 1 N–H and O–H groups in total. The summed E-state index contributed by atoms with van der Waals surface area (Å²) in [7, 11) is 3.04. The number of methoxy groups -OCH3 is 2. The van der Waals surface area contributed by atoms with Gasteiger partial charge in [-0.15, -0.1) is 0 Å². The summed E-state index contributed by atoms with van der Waals surface area (Å²) in [5.41, 5.74) is 3.18. The highest BCUT2D eigenvalue weighted by Gasteiger charge is 2.25. The van der Waals surface area contributed by atoms with Gasteiger partial charge in [0.15, 0.2) is 11.5 Å². The van der Waals surface area contributed by atoms with Gasteiger partial charge in [-0.2, -0.15) is 9.78 Å². The number of hydrogen-bond donors (Lipinski definition) is 1. The number of amides is 1. The predicted molar refractivity (Wildman–Crippen MR) is 153 cm³/mol. The minimum Gasteiger partial charge on any atom is -0.493 e. The standard InChI is InChI=1S/C32H25F2N3O5/c1-19(38)42-32-29(20-9-14-25(15-10-20)35-31(39)21-7-12-23(33)13-8-21)30(22-11-16-27(40-2)28(17-22)41-3)36-37(32)26-6-4-5-24(34)18-26/h4-18H,1-3H3,(H,35,39). The van der Waals surface area contributed by atoms with Crippen LogP contribution in [0.15, 0.2) is 91.0 Å². The second-order valence-corrected chi connectivity index (χ2v) is 9.12. The Labute approximate surface area is 240 Å². The molecule has 212 valence electrons. The van der Waals surface area contributed by atoms with Crippen LogP contribution >= 0.6 is 0 Å². The minimum absolute atomic E-state index is 0.0704. The highest BCUT2D eigenvalue weighted by atomic mass is 19.1. The summed E-state index contributed by atoms with van der Waals surface area (Å²) in [5, 5.41) is 7.52. The zero-order valence-electron chi connectivity index (χ0n) is 22.9. The molecule has 1 aromatic heterocycles. The Morgan fingerprint density at radius 1 is 0.786 bits per heavy atom. The monoisotopic (exact) mass is 569 g/mol. The lowest BCUT2D eigenvalue weighted by Gasteiger charge is -2.11. The van der Waals surface area contributed by atoms with Crippen LogP contribution < -0.4 is 19.5 Å². The Balaban J connectivity index is 1.64. The van der Waals surface area contributed by atoms with Crippen molar-refractivity contribution in [2.75, 3.05) is 19.5 Å². The smallest absolute Gasteiger partial charge is 0.309 e. The lowest BCUT2D eigenvalue weighted by Crippen LogP contribution is -2.11. The molecule has 8 nitrogen and oxygen atoms in total. The van der Waals surface area contributed by atoms with Crippen LogP contribution in [-0.4, -0.2) is 35.9 Å². The summed E-state index contributed by atoms with van der Waals surface area (Å²) in [4.78, 5) is 24.9. The first-order valence-electron chi connectivity index (χ1n) is 12.7. The van der Waals surface area contributed by atoms with Crippen molar-refractivity contribution in [1.82, 2.24) is 9.78 Å². The molecule has 0 aliphatic carbocycles. The summed E-state index contributed by atoms with van der Waals surface area (Å²) in [6.07, 6.45) is 0. The molecule has 1 amide bonds. The van der Waals surface area contributed by atoms with Crippen LogP contribution in [0.25, 0.3) is 28.1 Å². The Morgan fingerprint density at radius 2 is 1.48 bits per heavy atom. The number of carbonyl (C=O) groups is 2. The first-order valence-corrected chi connectivity index (χ1v) is 12.7. The van der Waals surface area contributed by atoms with Gasteiger partial charge in [-0.1, -0.05) is 18.2 Å². The van der Waals surface area contributed by atoms with Crippen molar-refractivity contribution in [2.24, 2.45) is 0 Å². The van der Waals surface area contributed by atoms with E-state index in [9.17, 15) is 18.4 Å². The molecule has 0 bridgehead atoms. The van der Waals surface area contributed by atoms with Gasteiger partial charge >= 0.3 is 5.97 Å². The first kappa shape index (κ1) is 28.0. The number of benzene rings is 4. The van der Waals surface area contributed by atoms with Gasteiger partial charge in [0, 0.05) is 23.7 Å². The molecule has 5 rings (SSSR count). The van der Waals surface area contributed by atoms with Crippen molar-refractivity contribution in [1.29, 1.82) is 0 Å². The maximum absolute atomic E-state index is 14.2. The van der Waals surface area contributed by atoms with Gasteiger partial charge in [0.1, 0.15) is 17.3 Å². The molecule has 4 aromatic carbocycles. The second kappa shape index (κ2) is 11.9. The fraction of sp³-hybridized carbons (Fsp3) is 0.0938. The van der Waals surface area contributed by atoms with Crippen molar-refractivity contribution in [3.8, 4) is 45.5 Å². The zero-order valence-corrected chi connectivity index (χ0v) is 22.9. The third-order valence-corrected chi connectivity index (χ3v) is 6.33. The number of nitrogens with zero attached hydrogens (tertiary/aromatic N) is 2. The number of aromatic nitrogens is 2. The van der Waals surface area contributed by atoms with Gasteiger partial charge in [-0.3, -0.25) is 9.59 Å². The van der Waals surface area contributed by atoms with Gasteiger partial charge in [0.25, 0.3) is 5.91 Å². The van der Waals surface area contributed by atoms with Crippen LogP contribution in [0.1, 0.15) is 17.3 Å². The fourth-order valence-electron chi connectivity index (χ4n) is 4.39. The Morgan fingerprint density at radius 3 is 2.12 bits per heavy atom. The van der Waals surface area contributed by atoms with E-state index < -0.39 is 23.5 Å². The molecule has 1 heterocycles. The number of esters is 1. The van der Waals surface area contributed by atoms with E-state index in [4.69, 9.17) is 19.3 Å². The predicted octanol–water partition coefficient (Wildman–Crippen LogP) is 6.68. The van der Waals surface area contributed by atoms with Gasteiger partial charge in [0.2, 0.25) is 5.88 Å². The summed E-state index contributed by atoms with van der Waals surface area (Å²) >= 11 is 0. The minimum atomic E-state index is -0.601. The molecule has 0 aliphatic rings. The van der Waals surface area contributed by atoms with Crippen LogP contribution in [0.3, 0.4) is 0 Å². The average Bonchev–Trinajstić information content (AvgIpc) is 3.35. The number of rotatable bonds is 8. The van der Waals surface area contributed by atoms with E-state index in [1.54, 1.807) is 48.5 Å². The zero-order chi connectivity index (χ0) is 29.8. The third-order valence-electron chi connectivity index (χ3n) is 6.33. The quantitative estimate of drug-likeness (QED) is 0.210. The molecule has 0 radical (unpaired) electrons. The highest BCUT2D eigenvalue weighted by Crippen LogP contribution is 2.43. The van der Waals surface area contributed by atoms with E-state index in [0.29, 0.717) is 50.8 Å². The summed E-state index contributed by atoms with van der Waals surface area (Å²) in [5.74, 6) is -0.913. The van der Waals surface area contributed by atoms with Crippen LogP contribution in [0.2, 0.25) is 0 Å². The van der Waals surface area contributed by atoms with E-state index in [1.165, 1.54) is 68.3 Å². The van der Waals surface area contributed by atoms with E-state index >= 15 is 0 Å². The average molecular weight is 570 g/mol. The molecular weight excluding hydrogens is 544 g/mol. The van der Waals surface area contributed by atoms with Crippen molar-refractivity contribution in [2.45, 2.75) is 6.92 Å². The van der Waals surface area contributed by atoms with Crippen molar-refractivity contribution in [3.63, 3.8) is 0 Å². The number of carbonyl (C=O) groups excluding carboxylic acids is 2. The van der Waals surface area contributed by atoms with E-state index in [1.807, 2.05) is 0 Å². The number of anilines is 1. The van der Waals surface area contributed by atoms with Gasteiger partial charge < -0.3 is 19.5 Å². The van der Waals surface area contributed by atoms with Gasteiger partial charge in [-0.05, 0) is 78.4 Å². The van der Waals surface area contributed by atoms with Gasteiger partial charge in [-0.25, -0.2) is 8.78 Å². The number of ether oxygens (including phenoxy) is 3. The molecule has 0 unspecified atom stereocenters. The molecular formula is C32H25F2N3O5. The van der Waals surface area contributed by atoms with Crippen molar-refractivity contribution in [3.05, 3.63) is 108 Å². The van der Waals surface area contributed by atoms with Crippen molar-refractivity contribution < 1.29 is 32.6 Å². The second-order valence-electron chi connectivity index (χ2n) is 9.12. The number of hydrogen-bond acceptors (Lipinski definition) is 6. The highest BCUT2D eigenvalue weighted by molar-refractivity contribution is 6.04. The van der Waals surface area contributed by atoms with E-state index in [-0.39, 0.29) is 5.88 Å². The fourth-order valence-corrected chi connectivity index (χ4v) is 4.39. The summed E-state index contributed by atoms with van der Waals surface area (Å²) in [6, 6.07) is 23.0. The van der Waals surface area contributed by atoms with E-state index in [2.05, 4.69) is 5.32 Å². The largest absolute Gasteiger partial charge is 0.493 e. The number of nitrogens with one attached hydrogen (secondary N) is 1. The summed E-state index contributed by atoms with van der Waals surface area (Å²) < 4.78 is 45.4. The lowest BCUT2D eigenvalue weighted by molar-refractivity contribution is -0.132. The molecule has 5 aromatic rings. The molecule has 0 spiro atoms. The van der Waals surface area contributed by atoms with Crippen LogP contribution in [0, 0.1) is 11.6 Å². The molecule has 10 heteroatoms. The first-order chi connectivity index (χ1) is 20.3. The molecule has 0 saturated heterocycles. The topological polar surface area (TPSA) is 91.7 Å². The number of halogens is 2. The Hall–Kier alpha value is -5.51.